The molecule has 0 aromatic carbocycles. The third-order valence-corrected chi connectivity index (χ3v) is 2.18. The second-order valence-corrected chi connectivity index (χ2v) is 3.77. The second-order valence-electron chi connectivity index (χ2n) is 3.77. The molecule has 110 valence electrons. The van der Waals surface area contributed by atoms with E-state index in [0.717, 1.165) is 0 Å². The van der Waals surface area contributed by atoms with Gasteiger partial charge in [-0.25, -0.2) is 0 Å². The molecule has 0 fully saturated rings. The molecule has 0 spiro atoms. The van der Waals surface area contributed by atoms with Crippen molar-refractivity contribution in [3.8, 4) is 0 Å². The smallest absolute Gasteiger partial charge is 0.394 e. The highest BCUT2D eigenvalue weighted by molar-refractivity contribution is 4.81. The fourth-order valence-electron chi connectivity index (χ4n) is 1.31. The van der Waals surface area contributed by atoms with E-state index in [-0.39, 0.29) is 6.42 Å². The van der Waals surface area contributed by atoms with Gasteiger partial charge in [0, 0.05) is 6.04 Å². The number of halogens is 6. The first-order valence-electron chi connectivity index (χ1n) is 5.19. The van der Waals surface area contributed by atoms with Crippen molar-refractivity contribution < 1.29 is 36.2 Å². The third kappa shape index (κ3) is 5.40. The van der Waals surface area contributed by atoms with Gasteiger partial charge >= 0.3 is 12.4 Å². The summed E-state index contributed by atoms with van der Waals surface area (Å²) in [5.74, 6) is 0. The van der Waals surface area contributed by atoms with Gasteiger partial charge in [0.05, 0.1) is 12.7 Å². The quantitative estimate of drug-likeness (QED) is 0.733. The van der Waals surface area contributed by atoms with E-state index in [9.17, 15) is 26.3 Å². The first-order chi connectivity index (χ1) is 8.04. The number of rotatable bonds is 6. The Bertz CT molecular complexity index is 228. The lowest BCUT2D eigenvalue weighted by atomic mass is 10.1. The summed E-state index contributed by atoms with van der Waals surface area (Å²) in [6.07, 6.45) is -16.3. The van der Waals surface area contributed by atoms with Crippen molar-refractivity contribution in [2.24, 2.45) is 5.73 Å². The fraction of sp³-hybridized carbons (Fsp3) is 1.00. The summed E-state index contributed by atoms with van der Waals surface area (Å²) in [5.41, 5.74) is 5.35. The molecular weight excluding hydrogens is 268 g/mol. The molecule has 0 saturated heterocycles. The summed E-state index contributed by atoms with van der Waals surface area (Å²) in [7, 11) is 0. The van der Waals surface area contributed by atoms with Crippen molar-refractivity contribution in [1.82, 2.24) is 0 Å². The molecule has 0 aliphatic carbocycles. The van der Waals surface area contributed by atoms with Crippen LogP contribution in [0, 0.1) is 0 Å². The zero-order chi connectivity index (χ0) is 14.6. The molecule has 0 aromatic rings. The number of aliphatic hydroxyl groups excluding tert-OH is 1. The van der Waals surface area contributed by atoms with Crippen molar-refractivity contribution in [2.45, 2.75) is 50.4 Å². The molecule has 2 unspecified atom stereocenters. The maximum Gasteiger partial charge on any atom is 0.423 e. The van der Waals surface area contributed by atoms with Crippen molar-refractivity contribution >= 4 is 0 Å². The lowest BCUT2D eigenvalue weighted by Crippen LogP contribution is -2.51. The first kappa shape index (κ1) is 17.5. The summed E-state index contributed by atoms with van der Waals surface area (Å²) in [4.78, 5) is 0. The van der Waals surface area contributed by atoms with Crippen LogP contribution in [-0.4, -0.2) is 42.3 Å². The van der Waals surface area contributed by atoms with Crippen LogP contribution in [0.25, 0.3) is 0 Å². The van der Waals surface area contributed by atoms with Crippen molar-refractivity contribution in [2.75, 3.05) is 6.61 Å². The van der Waals surface area contributed by atoms with Gasteiger partial charge in [-0.1, -0.05) is 13.3 Å². The van der Waals surface area contributed by atoms with E-state index < -0.39 is 37.2 Å². The number of hydrogen-bond acceptors (Lipinski definition) is 3. The van der Waals surface area contributed by atoms with Crippen LogP contribution < -0.4 is 5.73 Å². The summed E-state index contributed by atoms with van der Waals surface area (Å²) in [6, 6.07) is -1.09. The average Bonchev–Trinajstić information content (AvgIpc) is 2.14. The second kappa shape index (κ2) is 6.58. The van der Waals surface area contributed by atoms with Crippen molar-refractivity contribution in [1.29, 1.82) is 0 Å². The molecule has 0 bridgehead atoms. The molecule has 0 heterocycles. The standard InChI is InChI=1S/C9H15F6NO2/c1-2-3-5(16)6(4-17)18-7(8(10,11)12)9(13,14)15/h5-7,17H,2-4,16H2,1H3. The molecule has 9 heteroatoms. The van der Waals surface area contributed by atoms with E-state index >= 15 is 0 Å². The van der Waals surface area contributed by atoms with Crippen LogP contribution in [0.3, 0.4) is 0 Å². The van der Waals surface area contributed by atoms with Gasteiger partial charge in [0.1, 0.15) is 0 Å². The number of aliphatic hydroxyl groups is 1. The van der Waals surface area contributed by atoms with E-state index in [4.69, 9.17) is 10.8 Å². The molecule has 0 aliphatic rings. The number of ether oxygens (including phenoxy) is 1. The number of alkyl halides is 6. The SMILES string of the molecule is CCCC(N)C(CO)OC(C(F)(F)F)C(F)(F)F. The Kier molecular flexibility index (Phi) is 6.38. The zero-order valence-corrected chi connectivity index (χ0v) is 9.55. The minimum absolute atomic E-state index is 0.146. The summed E-state index contributed by atoms with van der Waals surface area (Å²) >= 11 is 0. The Labute approximate surface area is 99.9 Å². The van der Waals surface area contributed by atoms with E-state index in [1.54, 1.807) is 6.92 Å². The molecule has 0 aromatic heterocycles. The minimum atomic E-state index is -5.60. The summed E-state index contributed by atoms with van der Waals surface area (Å²) in [6.45, 7) is 0.642. The van der Waals surface area contributed by atoms with E-state index in [2.05, 4.69) is 4.74 Å². The highest BCUT2D eigenvalue weighted by atomic mass is 19.4. The van der Waals surface area contributed by atoms with Gasteiger partial charge in [0.2, 0.25) is 6.10 Å². The normalized spacial score (nSPS) is 17.0. The summed E-state index contributed by atoms with van der Waals surface area (Å²) in [5, 5.41) is 8.76. The van der Waals surface area contributed by atoms with Gasteiger partial charge in [-0.15, -0.1) is 0 Å². The summed E-state index contributed by atoms with van der Waals surface area (Å²) < 4.78 is 77.1. The monoisotopic (exact) mass is 283 g/mol. The Morgan fingerprint density at radius 1 is 1.11 bits per heavy atom. The zero-order valence-electron chi connectivity index (χ0n) is 9.55. The van der Waals surface area contributed by atoms with Gasteiger partial charge in [0.15, 0.2) is 0 Å². The molecule has 0 amide bonds. The largest absolute Gasteiger partial charge is 0.423 e. The molecular formula is C9H15F6NO2. The minimum Gasteiger partial charge on any atom is -0.394 e. The predicted octanol–water partition coefficient (Wildman–Crippen LogP) is 1.98. The van der Waals surface area contributed by atoms with Gasteiger partial charge in [-0.05, 0) is 6.42 Å². The van der Waals surface area contributed by atoms with Crippen LogP contribution in [-0.2, 0) is 4.74 Å². The van der Waals surface area contributed by atoms with E-state index in [0.29, 0.717) is 6.42 Å². The molecule has 0 aliphatic heterocycles. The molecule has 2 atom stereocenters. The highest BCUT2D eigenvalue weighted by Crippen LogP contribution is 2.36. The van der Waals surface area contributed by atoms with Gasteiger partial charge < -0.3 is 15.6 Å². The molecule has 0 rings (SSSR count). The number of nitrogens with two attached hydrogens (primary N) is 1. The van der Waals surface area contributed by atoms with Crippen LogP contribution in [0.4, 0.5) is 26.3 Å². The maximum atomic E-state index is 12.2. The molecule has 18 heavy (non-hydrogen) atoms. The lowest BCUT2D eigenvalue weighted by Gasteiger charge is -2.29. The Morgan fingerprint density at radius 3 is 1.83 bits per heavy atom. The molecule has 0 radical (unpaired) electrons. The van der Waals surface area contributed by atoms with Gasteiger partial charge in [-0.3, -0.25) is 0 Å². The Balaban J connectivity index is 4.85. The van der Waals surface area contributed by atoms with Gasteiger partial charge in [-0.2, -0.15) is 26.3 Å². The predicted molar refractivity (Wildman–Crippen MR) is 50.7 cm³/mol. The average molecular weight is 283 g/mol. The molecule has 3 N–H and O–H groups in total. The van der Waals surface area contributed by atoms with Crippen LogP contribution in [0.1, 0.15) is 19.8 Å². The third-order valence-electron chi connectivity index (χ3n) is 2.18. The van der Waals surface area contributed by atoms with Crippen LogP contribution in [0.2, 0.25) is 0 Å². The van der Waals surface area contributed by atoms with Gasteiger partial charge in [0.25, 0.3) is 0 Å². The van der Waals surface area contributed by atoms with Crippen LogP contribution >= 0.6 is 0 Å². The van der Waals surface area contributed by atoms with E-state index in [1.807, 2.05) is 0 Å². The Morgan fingerprint density at radius 2 is 1.56 bits per heavy atom. The van der Waals surface area contributed by atoms with Crippen LogP contribution in [0.15, 0.2) is 0 Å². The lowest BCUT2D eigenvalue weighted by molar-refractivity contribution is -0.333. The van der Waals surface area contributed by atoms with Crippen LogP contribution in [0.5, 0.6) is 0 Å². The fourth-order valence-corrected chi connectivity index (χ4v) is 1.31. The Hall–Kier alpha value is -0.540. The number of hydrogen-bond donors (Lipinski definition) is 2. The van der Waals surface area contributed by atoms with Crippen molar-refractivity contribution in [3.63, 3.8) is 0 Å². The maximum absolute atomic E-state index is 12.2. The topological polar surface area (TPSA) is 55.5 Å². The van der Waals surface area contributed by atoms with Crippen molar-refractivity contribution in [3.05, 3.63) is 0 Å². The first-order valence-corrected chi connectivity index (χ1v) is 5.19. The highest BCUT2D eigenvalue weighted by Gasteiger charge is 2.59. The molecule has 3 nitrogen and oxygen atoms in total. The van der Waals surface area contributed by atoms with E-state index in [1.165, 1.54) is 0 Å². The molecule has 0 saturated carbocycles.